The molecule has 1 aromatic heterocycles. The molecule has 96 valence electrons. The van der Waals surface area contributed by atoms with Crippen LogP contribution in [-0.2, 0) is 6.18 Å². The summed E-state index contributed by atoms with van der Waals surface area (Å²) in [6.45, 7) is 0. The molecule has 0 saturated carbocycles. The van der Waals surface area contributed by atoms with Gasteiger partial charge in [-0.05, 0) is 12.1 Å². The zero-order chi connectivity index (χ0) is 13.5. The molecule has 3 aromatic rings. The van der Waals surface area contributed by atoms with Gasteiger partial charge in [0.15, 0.2) is 5.58 Å². The molecular formula is C14H8F3NO. The Kier molecular flexibility index (Phi) is 2.55. The van der Waals surface area contributed by atoms with Gasteiger partial charge in [0.25, 0.3) is 0 Å². The largest absolute Gasteiger partial charge is 0.417 e. The fourth-order valence-corrected chi connectivity index (χ4v) is 2.02. The van der Waals surface area contributed by atoms with Crippen LogP contribution in [0.25, 0.3) is 22.2 Å². The van der Waals surface area contributed by atoms with Crippen LogP contribution in [0.1, 0.15) is 5.56 Å². The number of aromatic nitrogens is 1. The Bertz CT molecular complexity index is 716. The summed E-state index contributed by atoms with van der Waals surface area (Å²) in [7, 11) is 0. The van der Waals surface area contributed by atoms with E-state index in [4.69, 9.17) is 4.52 Å². The van der Waals surface area contributed by atoms with Gasteiger partial charge < -0.3 is 4.52 Å². The van der Waals surface area contributed by atoms with Crippen LogP contribution in [0.4, 0.5) is 13.2 Å². The van der Waals surface area contributed by atoms with Gasteiger partial charge in [0.1, 0.15) is 5.69 Å². The topological polar surface area (TPSA) is 26.0 Å². The van der Waals surface area contributed by atoms with Crippen LogP contribution in [0.5, 0.6) is 0 Å². The number of fused-ring (bicyclic) bond motifs is 1. The first-order valence-corrected chi connectivity index (χ1v) is 5.58. The molecule has 19 heavy (non-hydrogen) atoms. The minimum Gasteiger partial charge on any atom is -0.356 e. The van der Waals surface area contributed by atoms with Crippen molar-refractivity contribution < 1.29 is 17.7 Å². The molecule has 0 fully saturated rings. The molecule has 0 amide bonds. The van der Waals surface area contributed by atoms with E-state index in [1.165, 1.54) is 12.1 Å². The molecule has 3 rings (SSSR count). The van der Waals surface area contributed by atoms with Crippen molar-refractivity contribution >= 4 is 11.0 Å². The maximum absolute atomic E-state index is 13.0. The van der Waals surface area contributed by atoms with Crippen LogP contribution in [0.3, 0.4) is 0 Å². The summed E-state index contributed by atoms with van der Waals surface area (Å²) >= 11 is 0. The zero-order valence-corrected chi connectivity index (χ0v) is 9.61. The van der Waals surface area contributed by atoms with E-state index in [2.05, 4.69) is 5.16 Å². The van der Waals surface area contributed by atoms with Crippen molar-refractivity contribution in [2.45, 2.75) is 6.18 Å². The number of rotatable bonds is 1. The highest BCUT2D eigenvalue weighted by molar-refractivity contribution is 5.94. The second kappa shape index (κ2) is 4.12. The summed E-state index contributed by atoms with van der Waals surface area (Å²) in [4.78, 5) is 0. The predicted molar refractivity (Wildman–Crippen MR) is 64.4 cm³/mol. The number of alkyl halides is 3. The molecule has 0 unspecified atom stereocenters. The number of hydrogen-bond donors (Lipinski definition) is 0. The van der Waals surface area contributed by atoms with Gasteiger partial charge in [-0.2, -0.15) is 13.2 Å². The van der Waals surface area contributed by atoms with Crippen LogP contribution < -0.4 is 0 Å². The van der Waals surface area contributed by atoms with Gasteiger partial charge in [0.2, 0.25) is 0 Å². The van der Waals surface area contributed by atoms with E-state index in [0.717, 1.165) is 6.07 Å². The lowest BCUT2D eigenvalue weighted by molar-refractivity contribution is -0.136. The van der Waals surface area contributed by atoms with Gasteiger partial charge in [0, 0.05) is 5.56 Å². The molecule has 0 bridgehead atoms. The van der Waals surface area contributed by atoms with E-state index >= 15 is 0 Å². The third kappa shape index (κ3) is 1.97. The molecular weight excluding hydrogens is 255 g/mol. The van der Waals surface area contributed by atoms with Crippen LogP contribution in [0.2, 0.25) is 0 Å². The van der Waals surface area contributed by atoms with E-state index in [1.54, 1.807) is 30.3 Å². The highest BCUT2D eigenvalue weighted by atomic mass is 19.4. The third-order valence-electron chi connectivity index (χ3n) is 2.85. The summed E-state index contributed by atoms with van der Waals surface area (Å²) in [5, 5.41) is 3.77. The SMILES string of the molecule is FC(F)(F)c1cccc2onc(-c3ccccc3)c12. The maximum atomic E-state index is 13.0. The van der Waals surface area contributed by atoms with Gasteiger partial charge in [-0.15, -0.1) is 0 Å². The fourth-order valence-electron chi connectivity index (χ4n) is 2.02. The second-order valence-corrected chi connectivity index (χ2v) is 4.07. The van der Waals surface area contributed by atoms with Crippen LogP contribution in [0.15, 0.2) is 53.1 Å². The Morgan fingerprint density at radius 2 is 1.63 bits per heavy atom. The molecule has 0 aliphatic rings. The van der Waals surface area contributed by atoms with Crippen LogP contribution in [-0.4, -0.2) is 5.16 Å². The van der Waals surface area contributed by atoms with Gasteiger partial charge >= 0.3 is 6.18 Å². The Hall–Kier alpha value is -2.30. The highest BCUT2D eigenvalue weighted by Crippen LogP contribution is 2.39. The van der Waals surface area contributed by atoms with Crippen molar-refractivity contribution in [1.82, 2.24) is 5.16 Å². The zero-order valence-electron chi connectivity index (χ0n) is 9.61. The lowest BCUT2D eigenvalue weighted by Gasteiger charge is -2.08. The average Bonchev–Trinajstić information content (AvgIpc) is 2.82. The highest BCUT2D eigenvalue weighted by Gasteiger charge is 2.34. The maximum Gasteiger partial charge on any atom is 0.417 e. The standard InChI is InChI=1S/C14H8F3NO/c15-14(16,17)10-7-4-8-11-12(10)13(18-19-11)9-5-2-1-3-6-9/h1-8H. The molecule has 1 heterocycles. The van der Waals surface area contributed by atoms with Gasteiger partial charge in [-0.1, -0.05) is 41.6 Å². The molecule has 2 aromatic carbocycles. The summed E-state index contributed by atoms with van der Waals surface area (Å²) in [5.41, 5.74) is 0.209. The predicted octanol–water partition coefficient (Wildman–Crippen LogP) is 4.51. The van der Waals surface area contributed by atoms with Gasteiger partial charge in [0.05, 0.1) is 10.9 Å². The van der Waals surface area contributed by atoms with Crippen molar-refractivity contribution in [3.63, 3.8) is 0 Å². The van der Waals surface area contributed by atoms with E-state index in [-0.39, 0.29) is 16.7 Å². The first-order chi connectivity index (χ1) is 9.07. The summed E-state index contributed by atoms with van der Waals surface area (Å²) < 4.78 is 44.1. The molecule has 0 atom stereocenters. The van der Waals surface area contributed by atoms with Crippen molar-refractivity contribution in [3.8, 4) is 11.3 Å². The minimum absolute atomic E-state index is 0.00111. The van der Waals surface area contributed by atoms with Crippen molar-refractivity contribution in [2.75, 3.05) is 0 Å². The van der Waals surface area contributed by atoms with Crippen LogP contribution >= 0.6 is 0 Å². The van der Waals surface area contributed by atoms with Gasteiger partial charge in [-0.25, -0.2) is 0 Å². The minimum atomic E-state index is -4.44. The number of benzene rings is 2. The molecule has 0 saturated heterocycles. The molecule has 0 aliphatic heterocycles. The molecule has 0 N–H and O–H groups in total. The number of hydrogen-bond acceptors (Lipinski definition) is 2. The smallest absolute Gasteiger partial charge is 0.356 e. The first kappa shape index (κ1) is 11.8. The molecule has 0 aliphatic carbocycles. The number of nitrogens with zero attached hydrogens (tertiary/aromatic N) is 1. The quantitative estimate of drug-likeness (QED) is 0.645. The molecule has 5 heteroatoms. The second-order valence-electron chi connectivity index (χ2n) is 4.07. The summed E-state index contributed by atoms with van der Waals surface area (Å²) in [6, 6.07) is 12.5. The lowest BCUT2D eigenvalue weighted by atomic mass is 10.0. The Morgan fingerprint density at radius 1 is 0.895 bits per heavy atom. The normalized spacial score (nSPS) is 11.9. The van der Waals surface area contributed by atoms with Crippen molar-refractivity contribution in [3.05, 3.63) is 54.1 Å². The van der Waals surface area contributed by atoms with E-state index in [0.29, 0.717) is 5.56 Å². The molecule has 0 radical (unpaired) electrons. The Morgan fingerprint density at radius 3 is 2.32 bits per heavy atom. The molecule has 0 spiro atoms. The van der Waals surface area contributed by atoms with Crippen LogP contribution in [0, 0.1) is 0 Å². The fraction of sp³-hybridized carbons (Fsp3) is 0.0714. The van der Waals surface area contributed by atoms with E-state index in [1.807, 2.05) is 0 Å². The van der Waals surface area contributed by atoms with Crippen molar-refractivity contribution in [1.29, 1.82) is 0 Å². The van der Waals surface area contributed by atoms with E-state index in [9.17, 15) is 13.2 Å². The average molecular weight is 263 g/mol. The first-order valence-electron chi connectivity index (χ1n) is 5.58. The third-order valence-corrected chi connectivity index (χ3v) is 2.85. The van der Waals surface area contributed by atoms with Gasteiger partial charge in [-0.3, -0.25) is 0 Å². The Balaban J connectivity index is 2.33. The number of halogens is 3. The monoisotopic (exact) mass is 263 g/mol. The lowest BCUT2D eigenvalue weighted by Crippen LogP contribution is -2.05. The summed E-state index contributed by atoms with van der Waals surface area (Å²) in [6.07, 6.45) is -4.44. The molecule has 2 nitrogen and oxygen atoms in total. The van der Waals surface area contributed by atoms with E-state index < -0.39 is 11.7 Å². The Labute approximate surface area is 106 Å². The van der Waals surface area contributed by atoms with Crippen molar-refractivity contribution in [2.24, 2.45) is 0 Å². The summed E-state index contributed by atoms with van der Waals surface area (Å²) in [5.74, 6) is 0.